The molecule has 2 aromatic heterocycles. The highest BCUT2D eigenvalue weighted by molar-refractivity contribution is 6.01. The maximum atomic E-state index is 11.1. The van der Waals surface area contributed by atoms with Crippen LogP contribution in [0.1, 0.15) is 10.4 Å². The van der Waals surface area contributed by atoms with Crippen molar-refractivity contribution in [3.8, 4) is 11.4 Å². The lowest BCUT2D eigenvalue weighted by Crippen LogP contribution is -1.96. The van der Waals surface area contributed by atoms with Crippen LogP contribution < -0.4 is 0 Å². The molecule has 0 aliphatic carbocycles. The number of hydrogen-bond acceptors (Lipinski definition) is 3. The van der Waals surface area contributed by atoms with Gasteiger partial charge in [0.25, 0.3) is 0 Å². The van der Waals surface area contributed by atoms with Gasteiger partial charge in [-0.2, -0.15) is 0 Å². The second kappa shape index (κ2) is 5.07. The Kier molecular flexibility index (Phi) is 3.48. The number of imidazole rings is 1. The lowest BCUT2D eigenvalue weighted by molar-refractivity contribution is 0.0699. The molecule has 0 unspecified atom stereocenters. The summed E-state index contributed by atoms with van der Waals surface area (Å²) in [5.74, 6) is -0.364. The maximum absolute atomic E-state index is 11.1. The molecule has 19 heavy (non-hydrogen) atoms. The first-order chi connectivity index (χ1) is 8.75. The molecule has 96 valence electrons. The second-order valence-electron chi connectivity index (χ2n) is 3.83. The molecule has 0 saturated heterocycles. The molecular formula is C13H10ClN3O2. The van der Waals surface area contributed by atoms with Gasteiger partial charge in [-0.15, -0.1) is 12.4 Å². The number of fused-ring (bicyclic) bond motifs is 1. The lowest BCUT2D eigenvalue weighted by atomic mass is 10.2. The number of benzene rings is 1. The molecule has 2 N–H and O–H groups in total. The van der Waals surface area contributed by atoms with Crippen LogP contribution in [-0.2, 0) is 0 Å². The van der Waals surface area contributed by atoms with Gasteiger partial charge in [0.1, 0.15) is 11.3 Å². The molecule has 6 heteroatoms. The predicted molar refractivity (Wildman–Crippen MR) is 73.5 cm³/mol. The van der Waals surface area contributed by atoms with Crippen molar-refractivity contribution in [3.05, 3.63) is 48.3 Å². The van der Waals surface area contributed by atoms with E-state index in [1.54, 1.807) is 36.7 Å². The summed E-state index contributed by atoms with van der Waals surface area (Å²) >= 11 is 0. The molecule has 0 radical (unpaired) electrons. The first-order valence-corrected chi connectivity index (χ1v) is 5.38. The van der Waals surface area contributed by atoms with E-state index >= 15 is 0 Å². The Morgan fingerprint density at radius 3 is 2.74 bits per heavy atom. The number of pyridine rings is 1. The standard InChI is InChI=1S/C13H9N3O2.ClH/c17-13(18)9-4-1-5-10-11(9)16-12(15-10)8-3-2-6-14-7-8;/h1-7H,(H,15,16)(H,17,18);1H. The first kappa shape index (κ1) is 13.0. The number of hydrogen-bond donors (Lipinski definition) is 2. The molecule has 0 amide bonds. The van der Waals surface area contributed by atoms with E-state index in [2.05, 4.69) is 15.0 Å². The van der Waals surface area contributed by atoms with E-state index in [0.717, 1.165) is 5.56 Å². The van der Waals surface area contributed by atoms with Crippen molar-refractivity contribution < 1.29 is 9.90 Å². The molecular weight excluding hydrogens is 266 g/mol. The van der Waals surface area contributed by atoms with Crippen molar-refractivity contribution in [2.45, 2.75) is 0 Å². The third-order valence-corrected chi connectivity index (χ3v) is 2.68. The van der Waals surface area contributed by atoms with Gasteiger partial charge in [-0.05, 0) is 24.3 Å². The molecule has 3 rings (SSSR count). The smallest absolute Gasteiger partial charge is 0.337 e. The van der Waals surface area contributed by atoms with Gasteiger partial charge in [0, 0.05) is 18.0 Å². The molecule has 0 bridgehead atoms. The third-order valence-electron chi connectivity index (χ3n) is 2.68. The van der Waals surface area contributed by atoms with Gasteiger partial charge < -0.3 is 10.1 Å². The summed E-state index contributed by atoms with van der Waals surface area (Å²) in [6.07, 6.45) is 3.35. The number of aromatic carboxylic acids is 1. The fraction of sp³-hybridized carbons (Fsp3) is 0. The number of nitrogens with one attached hydrogen (secondary N) is 1. The number of carboxylic acid groups (broad SMARTS) is 1. The Labute approximate surface area is 114 Å². The van der Waals surface area contributed by atoms with Crippen molar-refractivity contribution >= 4 is 29.4 Å². The molecule has 0 spiro atoms. The van der Waals surface area contributed by atoms with E-state index in [0.29, 0.717) is 16.9 Å². The molecule has 0 saturated carbocycles. The minimum atomic E-state index is -0.982. The number of rotatable bonds is 2. The molecule has 0 fully saturated rings. The van der Waals surface area contributed by atoms with Gasteiger partial charge in [-0.25, -0.2) is 9.78 Å². The number of carbonyl (C=O) groups is 1. The van der Waals surface area contributed by atoms with Crippen LogP contribution in [0.2, 0.25) is 0 Å². The topological polar surface area (TPSA) is 78.9 Å². The summed E-state index contributed by atoms with van der Waals surface area (Å²) in [5, 5.41) is 9.10. The molecule has 3 aromatic rings. The number of para-hydroxylation sites is 1. The Morgan fingerprint density at radius 2 is 2.05 bits per heavy atom. The van der Waals surface area contributed by atoms with Gasteiger partial charge in [-0.3, -0.25) is 4.98 Å². The van der Waals surface area contributed by atoms with Crippen LogP contribution in [0.3, 0.4) is 0 Å². The van der Waals surface area contributed by atoms with Gasteiger partial charge in [0.05, 0.1) is 11.1 Å². The van der Waals surface area contributed by atoms with Crippen molar-refractivity contribution in [2.24, 2.45) is 0 Å². The number of aromatic amines is 1. The zero-order chi connectivity index (χ0) is 12.5. The number of halogens is 1. The van der Waals surface area contributed by atoms with E-state index in [1.165, 1.54) is 0 Å². The van der Waals surface area contributed by atoms with Crippen LogP contribution in [-0.4, -0.2) is 26.0 Å². The van der Waals surface area contributed by atoms with Crippen molar-refractivity contribution in [1.82, 2.24) is 15.0 Å². The largest absolute Gasteiger partial charge is 0.478 e. The fourth-order valence-corrected chi connectivity index (χ4v) is 1.84. The molecule has 0 atom stereocenters. The zero-order valence-electron chi connectivity index (χ0n) is 9.70. The van der Waals surface area contributed by atoms with Gasteiger partial charge in [-0.1, -0.05) is 6.07 Å². The minimum absolute atomic E-state index is 0. The van der Waals surface area contributed by atoms with Crippen molar-refractivity contribution in [1.29, 1.82) is 0 Å². The Hall–Kier alpha value is -2.40. The molecule has 0 aliphatic rings. The SMILES string of the molecule is Cl.O=C(O)c1cccc2[nH]c(-c3cccnc3)nc12. The van der Waals surface area contributed by atoms with Crippen LogP contribution in [0, 0.1) is 0 Å². The molecule has 2 heterocycles. The van der Waals surface area contributed by atoms with Gasteiger partial charge >= 0.3 is 5.97 Å². The lowest BCUT2D eigenvalue weighted by Gasteiger charge is -1.93. The van der Waals surface area contributed by atoms with Crippen LogP contribution in [0.15, 0.2) is 42.7 Å². The number of carboxylic acids is 1. The summed E-state index contributed by atoms with van der Waals surface area (Å²) in [6.45, 7) is 0. The second-order valence-corrected chi connectivity index (χ2v) is 3.83. The Bertz CT molecular complexity index is 725. The average Bonchev–Trinajstić information content (AvgIpc) is 2.83. The number of H-pyrrole nitrogens is 1. The highest BCUT2D eigenvalue weighted by Crippen LogP contribution is 2.22. The van der Waals surface area contributed by atoms with E-state index in [1.807, 2.05) is 6.07 Å². The van der Waals surface area contributed by atoms with Crippen molar-refractivity contribution in [2.75, 3.05) is 0 Å². The summed E-state index contributed by atoms with van der Waals surface area (Å²) in [4.78, 5) is 22.5. The van der Waals surface area contributed by atoms with E-state index in [4.69, 9.17) is 5.11 Å². The average molecular weight is 276 g/mol. The predicted octanol–water partition coefficient (Wildman–Crippen LogP) is 2.74. The van der Waals surface area contributed by atoms with Crippen LogP contribution in [0.25, 0.3) is 22.4 Å². The van der Waals surface area contributed by atoms with E-state index in [9.17, 15) is 4.79 Å². The monoisotopic (exact) mass is 275 g/mol. The molecule has 5 nitrogen and oxygen atoms in total. The summed E-state index contributed by atoms with van der Waals surface area (Å²) < 4.78 is 0. The van der Waals surface area contributed by atoms with Crippen LogP contribution in [0.5, 0.6) is 0 Å². The summed E-state index contributed by atoms with van der Waals surface area (Å²) in [6, 6.07) is 8.70. The maximum Gasteiger partial charge on any atom is 0.337 e. The number of nitrogens with zero attached hydrogens (tertiary/aromatic N) is 2. The minimum Gasteiger partial charge on any atom is -0.478 e. The van der Waals surface area contributed by atoms with Crippen LogP contribution in [0.4, 0.5) is 0 Å². The summed E-state index contributed by atoms with van der Waals surface area (Å²) in [5.41, 5.74) is 2.18. The normalized spacial score (nSPS) is 10.1. The summed E-state index contributed by atoms with van der Waals surface area (Å²) in [7, 11) is 0. The fourth-order valence-electron chi connectivity index (χ4n) is 1.84. The first-order valence-electron chi connectivity index (χ1n) is 5.38. The van der Waals surface area contributed by atoms with Crippen molar-refractivity contribution in [3.63, 3.8) is 0 Å². The highest BCUT2D eigenvalue weighted by Gasteiger charge is 2.12. The van der Waals surface area contributed by atoms with Gasteiger partial charge in [0.15, 0.2) is 0 Å². The Balaban J connectivity index is 0.00000133. The molecule has 0 aliphatic heterocycles. The van der Waals surface area contributed by atoms with E-state index < -0.39 is 5.97 Å². The highest BCUT2D eigenvalue weighted by atomic mass is 35.5. The van der Waals surface area contributed by atoms with Crippen LogP contribution >= 0.6 is 12.4 Å². The molecule has 1 aromatic carbocycles. The van der Waals surface area contributed by atoms with Gasteiger partial charge in [0.2, 0.25) is 0 Å². The number of aromatic nitrogens is 3. The Morgan fingerprint density at radius 1 is 1.21 bits per heavy atom. The third kappa shape index (κ3) is 2.28. The quantitative estimate of drug-likeness (QED) is 0.754. The van der Waals surface area contributed by atoms with E-state index in [-0.39, 0.29) is 18.0 Å². The zero-order valence-corrected chi connectivity index (χ0v) is 10.5.